The SMILES string of the molecule is CNC(=O)c1cccc([C@@H]2CN(C(=O)c3cccc(OCCN4CCCC4=O)c3)CCN2C)c1. The van der Waals surface area contributed by atoms with E-state index in [4.69, 9.17) is 4.74 Å². The van der Waals surface area contributed by atoms with Gasteiger partial charge in [0.1, 0.15) is 12.4 Å². The number of carbonyl (C=O) groups excluding carboxylic acids is 3. The van der Waals surface area contributed by atoms with Crippen LogP contribution in [0.4, 0.5) is 0 Å². The Morgan fingerprint density at radius 3 is 2.62 bits per heavy atom. The number of carbonyl (C=O) groups is 3. The van der Waals surface area contributed by atoms with Crippen molar-refractivity contribution < 1.29 is 19.1 Å². The van der Waals surface area contributed by atoms with Crippen LogP contribution in [0.15, 0.2) is 48.5 Å². The van der Waals surface area contributed by atoms with Gasteiger partial charge in [-0.1, -0.05) is 18.2 Å². The molecule has 2 aliphatic rings. The Kier molecular flexibility index (Phi) is 7.47. The topological polar surface area (TPSA) is 82.2 Å². The number of amides is 3. The van der Waals surface area contributed by atoms with Gasteiger partial charge in [0.05, 0.1) is 12.6 Å². The van der Waals surface area contributed by atoms with E-state index in [-0.39, 0.29) is 23.8 Å². The van der Waals surface area contributed by atoms with Crippen molar-refractivity contribution in [3.8, 4) is 5.75 Å². The third-order valence-electron chi connectivity index (χ3n) is 6.58. The molecule has 4 rings (SSSR count). The first-order valence-corrected chi connectivity index (χ1v) is 11.8. The quantitative estimate of drug-likeness (QED) is 0.679. The summed E-state index contributed by atoms with van der Waals surface area (Å²) in [6.07, 6.45) is 1.52. The second-order valence-electron chi connectivity index (χ2n) is 8.81. The number of hydrogen-bond acceptors (Lipinski definition) is 5. The summed E-state index contributed by atoms with van der Waals surface area (Å²) in [6, 6.07) is 14.8. The highest BCUT2D eigenvalue weighted by molar-refractivity contribution is 5.95. The first-order valence-electron chi connectivity index (χ1n) is 11.8. The molecule has 1 N–H and O–H groups in total. The molecule has 2 aromatic carbocycles. The van der Waals surface area contributed by atoms with E-state index < -0.39 is 0 Å². The highest BCUT2D eigenvalue weighted by atomic mass is 16.5. The van der Waals surface area contributed by atoms with Gasteiger partial charge in [-0.2, -0.15) is 0 Å². The lowest BCUT2D eigenvalue weighted by atomic mass is 9.99. The number of piperazine rings is 1. The largest absolute Gasteiger partial charge is 0.492 e. The van der Waals surface area contributed by atoms with Crippen molar-refractivity contribution in [2.75, 3.05) is 53.4 Å². The second kappa shape index (κ2) is 10.7. The van der Waals surface area contributed by atoms with Gasteiger partial charge in [0.15, 0.2) is 0 Å². The van der Waals surface area contributed by atoms with Crippen molar-refractivity contribution >= 4 is 17.7 Å². The van der Waals surface area contributed by atoms with Crippen LogP contribution in [0.5, 0.6) is 5.75 Å². The molecule has 2 saturated heterocycles. The number of likely N-dealkylation sites (N-methyl/N-ethyl adjacent to an activating group) is 1. The molecule has 2 fully saturated rings. The fourth-order valence-electron chi connectivity index (χ4n) is 4.57. The van der Waals surface area contributed by atoms with E-state index in [1.54, 1.807) is 25.2 Å². The van der Waals surface area contributed by atoms with E-state index in [1.165, 1.54) is 0 Å². The lowest BCUT2D eigenvalue weighted by Gasteiger charge is -2.40. The van der Waals surface area contributed by atoms with Gasteiger partial charge < -0.3 is 19.9 Å². The fraction of sp³-hybridized carbons (Fsp3) is 0.423. The van der Waals surface area contributed by atoms with Crippen LogP contribution >= 0.6 is 0 Å². The van der Waals surface area contributed by atoms with E-state index in [1.807, 2.05) is 47.2 Å². The average molecular weight is 465 g/mol. The molecule has 34 heavy (non-hydrogen) atoms. The van der Waals surface area contributed by atoms with Gasteiger partial charge in [0.2, 0.25) is 5.91 Å². The minimum atomic E-state index is -0.126. The number of rotatable bonds is 7. The van der Waals surface area contributed by atoms with Gasteiger partial charge in [-0.25, -0.2) is 0 Å². The zero-order chi connectivity index (χ0) is 24.1. The van der Waals surface area contributed by atoms with Crippen molar-refractivity contribution in [2.24, 2.45) is 0 Å². The molecule has 0 saturated carbocycles. The molecule has 0 bridgehead atoms. The first kappa shape index (κ1) is 23.8. The molecule has 0 aromatic heterocycles. The van der Waals surface area contributed by atoms with Crippen LogP contribution in [-0.2, 0) is 4.79 Å². The summed E-state index contributed by atoms with van der Waals surface area (Å²) >= 11 is 0. The second-order valence-corrected chi connectivity index (χ2v) is 8.81. The number of benzene rings is 2. The summed E-state index contributed by atoms with van der Waals surface area (Å²) in [5.41, 5.74) is 2.20. The molecule has 0 radical (unpaired) electrons. The maximum absolute atomic E-state index is 13.3. The lowest BCUT2D eigenvalue weighted by molar-refractivity contribution is -0.128. The van der Waals surface area contributed by atoms with Gasteiger partial charge in [-0.05, 0) is 49.4 Å². The van der Waals surface area contributed by atoms with Crippen LogP contribution in [0.1, 0.15) is 45.2 Å². The zero-order valence-corrected chi connectivity index (χ0v) is 19.8. The van der Waals surface area contributed by atoms with Gasteiger partial charge in [-0.15, -0.1) is 0 Å². The number of nitrogens with zero attached hydrogens (tertiary/aromatic N) is 3. The number of ether oxygens (including phenoxy) is 1. The van der Waals surface area contributed by atoms with Gasteiger partial charge in [0, 0.05) is 50.8 Å². The van der Waals surface area contributed by atoms with Gasteiger partial charge >= 0.3 is 0 Å². The van der Waals surface area contributed by atoms with Crippen molar-refractivity contribution in [1.29, 1.82) is 0 Å². The van der Waals surface area contributed by atoms with E-state index >= 15 is 0 Å². The monoisotopic (exact) mass is 464 g/mol. The van der Waals surface area contributed by atoms with E-state index in [0.29, 0.717) is 49.5 Å². The molecule has 8 heteroatoms. The van der Waals surface area contributed by atoms with Crippen LogP contribution < -0.4 is 10.1 Å². The third kappa shape index (κ3) is 5.39. The molecule has 2 aromatic rings. The van der Waals surface area contributed by atoms with Crippen LogP contribution in [0.2, 0.25) is 0 Å². The summed E-state index contributed by atoms with van der Waals surface area (Å²) in [4.78, 5) is 43.0. The molecule has 8 nitrogen and oxygen atoms in total. The first-order chi connectivity index (χ1) is 16.5. The Balaban J connectivity index is 1.41. The standard InChI is InChI=1S/C26H32N4O4/c1-27-25(32)20-7-3-6-19(16-20)23-18-30(13-12-28(23)2)26(33)21-8-4-9-22(17-21)34-15-14-29-11-5-10-24(29)31/h3-4,6-9,16-17,23H,5,10-15,18H2,1-2H3,(H,27,32)/t23-/m0/s1. The molecular formula is C26H32N4O4. The van der Waals surface area contributed by atoms with Crippen LogP contribution in [0.3, 0.4) is 0 Å². The fourth-order valence-corrected chi connectivity index (χ4v) is 4.57. The molecule has 2 heterocycles. The molecule has 0 unspecified atom stereocenters. The summed E-state index contributed by atoms with van der Waals surface area (Å²) in [6.45, 7) is 3.66. The zero-order valence-electron chi connectivity index (χ0n) is 19.8. The maximum Gasteiger partial charge on any atom is 0.254 e. The number of likely N-dealkylation sites (tertiary alicyclic amines) is 1. The Labute approximate surface area is 200 Å². The summed E-state index contributed by atoms with van der Waals surface area (Å²) in [7, 11) is 3.66. The molecule has 0 spiro atoms. The van der Waals surface area contributed by atoms with Crippen LogP contribution in [0, 0.1) is 0 Å². The molecule has 0 aliphatic carbocycles. The van der Waals surface area contributed by atoms with Crippen molar-refractivity contribution in [3.05, 3.63) is 65.2 Å². The van der Waals surface area contributed by atoms with Crippen molar-refractivity contribution in [3.63, 3.8) is 0 Å². The normalized spacial score (nSPS) is 18.8. The van der Waals surface area contributed by atoms with E-state index in [9.17, 15) is 14.4 Å². The van der Waals surface area contributed by atoms with E-state index in [0.717, 1.165) is 25.1 Å². The Hall–Kier alpha value is -3.39. The Morgan fingerprint density at radius 1 is 1.06 bits per heavy atom. The predicted molar refractivity (Wildman–Crippen MR) is 129 cm³/mol. The number of nitrogens with one attached hydrogen (secondary N) is 1. The Bertz CT molecular complexity index is 1060. The smallest absolute Gasteiger partial charge is 0.254 e. The van der Waals surface area contributed by atoms with Crippen molar-refractivity contribution in [1.82, 2.24) is 20.0 Å². The highest BCUT2D eigenvalue weighted by Crippen LogP contribution is 2.26. The molecular weight excluding hydrogens is 432 g/mol. The average Bonchev–Trinajstić information content (AvgIpc) is 3.28. The van der Waals surface area contributed by atoms with Crippen LogP contribution in [0.25, 0.3) is 0 Å². The van der Waals surface area contributed by atoms with Crippen molar-refractivity contribution in [2.45, 2.75) is 18.9 Å². The van der Waals surface area contributed by atoms with Gasteiger partial charge in [-0.3, -0.25) is 19.3 Å². The summed E-state index contributed by atoms with van der Waals surface area (Å²) in [5.74, 6) is 0.638. The summed E-state index contributed by atoms with van der Waals surface area (Å²) in [5, 5.41) is 2.66. The lowest BCUT2D eigenvalue weighted by Crippen LogP contribution is -2.49. The summed E-state index contributed by atoms with van der Waals surface area (Å²) < 4.78 is 5.84. The maximum atomic E-state index is 13.3. The molecule has 1 atom stereocenters. The predicted octanol–water partition coefficient (Wildman–Crippen LogP) is 2.18. The number of hydrogen-bond donors (Lipinski definition) is 1. The van der Waals surface area contributed by atoms with Crippen LogP contribution in [-0.4, -0.2) is 85.8 Å². The minimum absolute atomic E-state index is 0.000244. The molecule has 180 valence electrons. The molecule has 2 aliphatic heterocycles. The van der Waals surface area contributed by atoms with E-state index in [2.05, 4.69) is 10.2 Å². The third-order valence-corrected chi connectivity index (χ3v) is 6.58. The minimum Gasteiger partial charge on any atom is -0.492 e. The molecule has 3 amide bonds. The highest BCUT2D eigenvalue weighted by Gasteiger charge is 2.29. The van der Waals surface area contributed by atoms with Gasteiger partial charge in [0.25, 0.3) is 11.8 Å². The Morgan fingerprint density at radius 2 is 1.85 bits per heavy atom.